The third kappa shape index (κ3) is 2.14. The predicted octanol–water partition coefficient (Wildman–Crippen LogP) is 2.23. The quantitative estimate of drug-likeness (QED) is 0.938. The Kier molecular flexibility index (Phi) is 3.33. The zero-order chi connectivity index (χ0) is 15.0. The van der Waals surface area contributed by atoms with Crippen LogP contribution in [-0.4, -0.2) is 33.4 Å². The number of fused-ring (bicyclic) bond motifs is 1. The first-order valence-electron chi connectivity index (χ1n) is 6.98. The number of likely N-dealkylation sites (tertiary alicyclic amines) is 1. The van der Waals surface area contributed by atoms with Gasteiger partial charge in [-0.05, 0) is 12.3 Å². The van der Waals surface area contributed by atoms with Crippen molar-refractivity contribution in [1.82, 2.24) is 9.88 Å². The number of pyridine rings is 1. The van der Waals surface area contributed by atoms with Crippen LogP contribution in [-0.2, 0) is 9.59 Å². The number of rotatable bonds is 3. The van der Waals surface area contributed by atoms with Gasteiger partial charge < -0.3 is 10.0 Å². The lowest BCUT2D eigenvalue weighted by molar-refractivity contribution is -0.142. The standard InChI is InChI=1S/C16H16N2O3/c1-2-18-14(19)7-12(16(20)21)15(18)13-9-17-8-10-5-3-4-6-11(10)13/h3-6,8-9,12,15H,2,7H2,1H3,(H,20,21). The molecule has 2 atom stereocenters. The third-order valence-electron chi connectivity index (χ3n) is 4.11. The van der Waals surface area contributed by atoms with E-state index in [4.69, 9.17) is 0 Å². The second-order valence-electron chi connectivity index (χ2n) is 5.22. The van der Waals surface area contributed by atoms with Crippen LogP contribution < -0.4 is 0 Å². The van der Waals surface area contributed by atoms with E-state index in [0.717, 1.165) is 16.3 Å². The Bertz CT molecular complexity index is 708. The molecule has 1 fully saturated rings. The predicted molar refractivity (Wildman–Crippen MR) is 77.6 cm³/mol. The van der Waals surface area contributed by atoms with Gasteiger partial charge in [0, 0.05) is 36.3 Å². The fourth-order valence-electron chi connectivity index (χ4n) is 3.14. The molecular formula is C16H16N2O3. The zero-order valence-electron chi connectivity index (χ0n) is 11.7. The Balaban J connectivity index is 2.18. The fraction of sp³-hybridized carbons (Fsp3) is 0.312. The summed E-state index contributed by atoms with van der Waals surface area (Å²) in [6, 6.07) is 7.27. The summed E-state index contributed by atoms with van der Waals surface area (Å²) in [5.74, 6) is -1.76. The summed E-state index contributed by atoms with van der Waals surface area (Å²) < 4.78 is 0. The summed E-state index contributed by atoms with van der Waals surface area (Å²) in [5.41, 5.74) is 0.813. The van der Waals surface area contributed by atoms with Crippen molar-refractivity contribution >= 4 is 22.6 Å². The Morgan fingerprint density at radius 2 is 2.14 bits per heavy atom. The van der Waals surface area contributed by atoms with Crippen molar-refractivity contribution in [1.29, 1.82) is 0 Å². The highest BCUT2D eigenvalue weighted by molar-refractivity contribution is 5.91. The van der Waals surface area contributed by atoms with Crippen LogP contribution in [0.2, 0.25) is 0 Å². The van der Waals surface area contributed by atoms with Gasteiger partial charge in [-0.15, -0.1) is 0 Å². The molecule has 1 aliphatic heterocycles. The smallest absolute Gasteiger partial charge is 0.309 e. The second kappa shape index (κ2) is 5.16. The molecule has 1 aromatic carbocycles. The molecule has 0 aliphatic carbocycles. The van der Waals surface area contributed by atoms with Gasteiger partial charge in [-0.25, -0.2) is 0 Å². The third-order valence-corrected chi connectivity index (χ3v) is 4.11. The Labute approximate surface area is 122 Å². The largest absolute Gasteiger partial charge is 0.481 e. The number of benzene rings is 1. The summed E-state index contributed by atoms with van der Waals surface area (Å²) in [4.78, 5) is 29.5. The van der Waals surface area contributed by atoms with Gasteiger partial charge in [-0.2, -0.15) is 0 Å². The molecule has 2 heterocycles. The SMILES string of the molecule is CCN1C(=O)CC(C(=O)O)C1c1cncc2ccccc12. The van der Waals surface area contributed by atoms with Crippen molar-refractivity contribution < 1.29 is 14.7 Å². The molecule has 1 aromatic heterocycles. The topological polar surface area (TPSA) is 70.5 Å². The van der Waals surface area contributed by atoms with Crippen molar-refractivity contribution in [3.8, 4) is 0 Å². The van der Waals surface area contributed by atoms with Crippen molar-refractivity contribution in [3.63, 3.8) is 0 Å². The minimum absolute atomic E-state index is 0.0526. The van der Waals surface area contributed by atoms with E-state index in [1.165, 1.54) is 0 Å². The number of nitrogens with zero attached hydrogens (tertiary/aromatic N) is 2. The molecule has 0 spiro atoms. The van der Waals surface area contributed by atoms with Gasteiger partial charge in [0.2, 0.25) is 5.91 Å². The maximum atomic E-state index is 12.1. The summed E-state index contributed by atoms with van der Waals surface area (Å²) >= 11 is 0. The van der Waals surface area contributed by atoms with Gasteiger partial charge in [-0.3, -0.25) is 14.6 Å². The zero-order valence-corrected chi connectivity index (χ0v) is 11.7. The van der Waals surface area contributed by atoms with Gasteiger partial charge >= 0.3 is 5.97 Å². The monoisotopic (exact) mass is 284 g/mol. The van der Waals surface area contributed by atoms with Gasteiger partial charge in [0.15, 0.2) is 0 Å². The lowest BCUT2D eigenvalue weighted by Crippen LogP contribution is -2.30. The Hall–Kier alpha value is -2.43. The van der Waals surface area contributed by atoms with Crippen LogP contribution >= 0.6 is 0 Å². The Morgan fingerprint density at radius 1 is 1.38 bits per heavy atom. The van der Waals surface area contributed by atoms with Crippen LogP contribution in [0.15, 0.2) is 36.7 Å². The highest BCUT2D eigenvalue weighted by Crippen LogP contribution is 2.40. The molecule has 0 radical (unpaired) electrons. The number of carbonyl (C=O) groups excluding carboxylic acids is 1. The van der Waals surface area contributed by atoms with Crippen molar-refractivity contribution in [3.05, 3.63) is 42.2 Å². The molecule has 1 saturated heterocycles. The van der Waals surface area contributed by atoms with Crippen LogP contribution in [0, 0.1) is 5.92 Å². The number of carboxylic acid groups (broad SMARTS) is 1. The molecule has 1 N–H and O–H groups in total. The van der Waals surface area contributed by atoms with Crippen LogP contribution in [0.3, 0.4) is 0 Å². The molecule has 0 saturated carbocycles. The molecule has 1 aliphatic rings. The van der Waals surface area contributed by atoms with E-state index in [1.807, 2.05) is 31.2 Å². The number of hydrogen-bond acceptors (Lipinski definition) is 3. The van der Waals surface area contributed by atoms with E-state index in [9.17, 15) is 14.7 Å². The highest BCUT2D eigenvalue weighted by atomic mass is 16.4. The van der Waals surface area contributed by atoms with Gasteiger partial charge in [-0.1, -0.05) is 24.3 Å². The van der Waals surface area contributed by atoms with Crippen LogP contribution in [0.5, 0.6) is 0 Å². The number of aromatic nitrogens is 1. The molecule has 21 heavy (non-hydrogen) atoms. The highest BCUT2D eigenvalue weighted by Gasteiger charge is 2.44. The normalized spacial score (nSPS) is 22.0. The van der Waals surface area contributed by atoms with E-state index < -0.39 is 17.9 Å². The van der Waals surface area contributed by atoms with Gasteiger partial charge in [0.05, 0.1) is 12.0 Å². The number of amides is 1. The number of aliphatic carboxylic acids is 1. The molecule has 0 bridgehead atoms. The lowest BCUT2D eigenvalue weighted by atomic mass is 9.91. The molecule has 2 unspecified atom stereocenters. The summed E-state index contributed by atoms with van der Waals surface area (Å²) in [6.07, 6.45) is 3.49. The maximum absolute atomic E-state index is 12.1. The molecule has 2 aromatic rings. The number of carboxylic acids is 1. The molecule has 108 valence electrons. The molecule has 5 heteroatoms. The van der Waals surface area contributed by atoms with E-state index >= 15 is 0 Å². The van der Waals surface area contributed by atoms with Crippen LogP contribution in [0.25, 0.3) is 10.8 Å². The molecule has 3 rings (SSSR count). The maximum Gasteiger partial charge on any atom is 0.309 e. The number of carbonyl (C=O) groups is 2. The van der Waals surface area contributed by atoms with E-state index in [2.05, 4.69) is 4.98 Å². The average Bonchev–Trinajstić information content (AvgIpc) is 2.83. The summed E-state index contributed by atoms with van der Waals surface area (Å²) in [6.45, 7) is 2.37. The lowest BCUT2D eigenvalue weighted by Gasteiger charge is -2.26. The minimum Gasteiger partial charge on any atom is -0.481 e. The first kappa shape index (κ1) is 13.5. The van der Waals surface area contributed by atoms with Gasteiger partial charge in [0.25, 0.3) is 0 Å². The van der Waals surface area contributed by atoms with Crippen molar-refractivity contribution in [2.24, 2.45) is 5.92 Å². The number of hydrogen-bond donors (Lipinski definition) is 1. The first-order chi connectivity index (χ1) is 10.1. The van der Waals surface area contributed by atoms with Crippen LogP contribution in [0.4, 0.5) is 0 Å². The van der Waals surface area contributed by atoms with Crippen molar-refractivity contribution in [2.75, 3.05) is 6.54 Å². The summed E-state index contributed by atoms with van der Waals surface area (Å²) in [5, 5.41) is 11.4. The van der Waals surface area contributed by atoms with Crippen LogP contribution in [0.1, 0.15) is 24.9 Å². The average molecular weight is 284 g/mol. The summed E-state index contributed by atoms with van der Waals surface area (Å²) in [7, 11) is 0. The molecule has 5 nitrogen and oxygen atoms in total. The van der Waals surface area contributed by atoms with Crippen molar-refractivity contribution in [2.45, 2.75) is 19.4 Å². The fourth-order valence-corrected chi connectivity index (χ4v) is 3.14. The van der Waals surface area contributed by atoms with E-state index in [-0.39, 0.29) is 12.3 Å². The van der Waals surface area contributed by atoms with E-state index in [0.29, 0.717) is 6.54 Å². The van der Waals surface area contributed by atoms with Gasteiger partial charge in [0.1, 0.15) is 0 Å². The second-order valence-corrected chi connectivity index (χ2v) is 5.22. The van der Waals surface area contributed by atoms with E-state index in [1.54, 1.807) is 17.3 Å². The first-order valence-corrected chi connectivity index (χ1v) is 6.98. The molecular weight excluding hydrogens is 268 g/mol. The molecule has 1 amide bonds. The Morgan fingerprint density at radius 3 is 2.86 bits per heavy atom. The minimum atomic E-state index is -0.933.